The molecule has 6 nitrogen and oxygen atoms in total. The summed E-state index contributed by atoms with van der Waals surface area (Å²) in [6, 6.07) is 5.08. The topological polar surface area (TPSA) is 63.1 Å². The molecule has 3 aliphatic heterocycles. The predicted molar refractivity (Wildman–Crippen MR) is 99.2 cm³/mol. The Morgan fingerprint density at radius 3 is 2.88 bits per heavy atom. The summed E-state index contributed by atoms with van der Waals surface area (Å²) in [6.45, 7) is 2.49. The van der Waals surface area contributed by atoms with Crippen LogP contribution in [0.1, 0.15) is 0 Å². The molecule has 0 radical (unpaired) electrons. The van der Waals surface area contributed by atoms with Crippen molar-refractivity contribution < 1.29 is 9.13 Å². The maximum atomic E-state index is 14.8. The molecule has 1 N–H and O–H groups in total. The Kier molecular flexibility index (Phi) is 3.54. The molecule has 1 aromatic heterocycles. The molecule has 0 amide bonds. The van der Waals surface area contributed by atoms with E-state index in [0.29, 0.717) is 48.6 Å². The number of halogens is 1. The van der Waals surface area contributed by atoms with Gasteiger partial charge in [-0.2, -0.15) is 21.1 Å². The van der Waals surface area contributed by atoms with Crippen molar-refractivity contribution in [2.75, 3.05) is 31.2 Å². The second-order valence-electron chi connectivity index (χ2n) is 6.20. The number of morpholine rings is 1. The van der Waals surface area contributed by atoms with Crippen molar-refractivity contribution in [3.8, 4) is 16.9 Å². The number of hydrogen-bond donors (Lipinski definition) is 1. The van der Waals surface area contributed by atoms with Crippen molar-refractivity contribution in [2.45, 2.75) is 0 Å². The molecule has 8 heteroatoms. The Morgan fingerprint density at radius 2 is 2.12 bits per heavy atom. The van der Waals surface area contributed by atoms with E-state index in [2.05, 4.69) is 10.1 Å². The van der Waals surface area contributed by atoms with Crippen LogP contribution in [0.2, 0.25) is 0 Å². The number of aromatic nitrogens is 3. The van der Waals surface area contributed by atoms with Crippen molar-refractivity contribution in [1.82, 2.24) is 14.8 Å². The molecule has 1 saturated heterocycles. The molecule has 2 aromatic rings. The molecule has 0 atom stereocenters. The van der Waals surface area contributed by atoms with Crippen LogP contribution >= 0.6 is 11.3 Å². The van der Waals surface area contributed by atoms with Gasteiger partial charge in [-0.05, 0) is 23.6 Å². The number of fused-ring (bicyclic) bond motifs is 3. The number of aromatic amines is 1. The average molecular weight is 370 g/mol. The highest BCUT2D eigenvalue weighted by Gasteiger charge is 2.22. The average Bonchev–Trinajstić information content (AvgIpc) is 3.30. The van der Waals surface area contributed by atoms with E-state index in [9.17, 15) is 9.18 Å². The normalized spacial score (nSPS) is 15.2. The molecule has 1 fully saturated rings. The first-order chi connectivity index (χ1) is 12.7. The highest BCUT2D eigenvalue weighted by atomic mass is 32.1. The number of benzene rings is 1. The third kappa shape index (κ3) is 2.33. The summed E-state index contributed by atoms with van der Waals surface area (Å²) >= 11 is 1.49. The number of ether oxygens (including phenoxy) is 1. The van der Waals surface area contributed by atoms with Gasteiger partial charge < -0.3 is 14.6 Å². The molecular weight excluding hydrogens is 355 g/mol. The van der Waals surface area contributed by atoms with Crippen LogP contribution in [0.5, 0.6) is 0 Å². The molecular formula is C18H15FN4O2S. The van der Waals surface area contributed by atoms with Gasteiger partial charge >= 0.3 is 0 Å². The van der Waals surface area contributed by atoms with E-state index in [0.717, 1.165) is 11.2 Å². The van der Waals surface area contributed by atoms with E-state index < -0.39 is 0 Å². The molecule has 0 bridgehead atoms. The van der Waals surface area contributed by atoms with E-state index in [1.165, 1.54) is 22.1 Å². The zero-order valence-electron chi connectivity index (χ0n) is 13.7. The van der Waals surface area contributed by atoms with Gasteiger partial charge in [-0.1, -0.05) is 0 Å². The van der Waals surface area contributed by atoms with Crippen LogP contribution in [-0.4, -0.2) is 41.1 Å². The van der Waals surface area contributed by atoms with Crippen molar-refractivity contribution in [1.29, 1.82) is 0 Å². The van der Waals surface area contributed by atoms with Gasteiger partial charge in [-0.3, -0.25) is 4.79 Å². The van der Waals surface area contributed by atoms with Gasteiger partial charge in [0.25, 0.3) is 5.56 Å². The van der Waals surface area contributed by atoms with Crippen LogP contribution in [-0.2, 0) is 4.74 Å². The fraction of sp³-hybridized carbons (Fsp3) is 0.222. The molecule has 1 aromatic carbocycles. The third-order valence-corrected chi connectivity index (χ3v) is 5.37. The lowest BCUT2D eigenvalue weighted by molar-refractivity contribution is 0.122. The van der Waals surface area contributed by atoms with E-state index in [1.54, 1.807) is 12.3 Å². The summed E-state index contributed by atoms with van der Waals surface area (Å²) in [5.74, 6) is -0.321. The van der Waals surface area contributed by atoms with Crippen LogP contribution in [0, 0.1) is 5.82 Å². The van der Waals surface area contributed by atoms with Crippen molar-refractivity contribution >= 4 is 27.9 Å². The molecule has 132 valence electrons. The smallest absolute Gasteiger partial charge is 0.282 e. The minimum absolute atomic E-state index is 0.214. The number of pyridine rings is 1. The van der Waals surface area contributed by atoms with E-state index in [-0.39, 0.29) is 11.4 Å². The number of hydrogen-bond acceptors (Lipinski definition) is 5. The number of anilines is 1. The zero-order chi connectivity index (χ0) is 17.7. The largest absolute Gasteiger partial charge is 0.378 e. The summed E-state index contributed by atoms with van der Waals surface area (Å²) in [5, 5.41) is 8.80. The first kappa shape index (κ1) is 15.5. The quantitative estimate of drug-likeness (QED) is 0.589. The molecule has 0 spiro atoms. The van der Waals surface area contributed by atoms with Crippen LogP contribution < -0.4 is 10.5 Å². The van der Waals surface area contributed by atoms with E-state index >= 15 is 0 Å². The highest BCUT2D eigenvalue weighted by Crippen LogP contribution is 2.31. The van der Waals surface area contributed by atoms with E-state index in [4.69, 9.17) is 4.74 Å². The molecule has 0 aliphatic carbocycles. The fourth-order valence-corrected chi connectivity index (χ4v) is 3.98. The van der Waals surface area contributed by atoms with Gasteiger partial charge in [-0.25, -0.2) is 4.39 Å². The molecule has 5 rings (SSSR count). The van der Waals surface area contributed by atoms with Gasteiger partial charge in [0, 0.05) is 35.6 Å². The molecule has 0 saturated carbocycles. The predicted octanol–water partition coefficient (Wildman–Crippen LogP) is 2.86. The lowest BCUT2D eigenvalue weighted by Crippen LogP contribution is -2.36. The lowest BCUT2D eigenvalue weighted by atomic mass is 10.1. The van der Waals surface area contributed by atoms with Crippen LogP contribution in [0.25, 0.3) is 27.8 Å². The Labute approximate surface area is 151 Å². The van der Waals surface area contributed by atoms with Crippen molar-refractivity contribution in [3.63, 3.8) is 0 Å². The zero-order valence-corrected chi connectivity index (χ0v) is 14.6. The summed E-state index contributed by atoms with van der Waals surface area (Å²) in [4.78, 5) is 17.7. The van der Waals surface area contributed by atoms with Crippen LogP contribution in [0.15, 0.2) is 40.0 Å². The maximum absolute atomic E-state index is 14.8. The minimum atomic E-state index is -0.321. The number of rotatable bonds is 2. The second-order valence-corrected chi connectivity index (χ2v) is 6.98. The number of H-pyrrole nitrogens is 1. The number of thiophene rings is 1. The summed E-state index contributed by atoms with van der Waals surface area (Å²) in [7, 11) is 0. The molecule has 0 unspecified atom stereocenters. The van der Waals surface area contributed by atoms with Crippen molar-refractivity contribution in [3.05, 3.63) is 51.3 Å². The molecule has 26 heavy (non-hydrogen) atoms. The highest BCUT2D eigenvalue weighted by molar-refractivity contribution is 7.08. The van der Waals surface area contributed by atoms with Gasteiger partial charge in [0.05, 0.1) is 30.2 Å². The van der Waals surface area contributed by atoms with Crippen LogP contribution in [0.3, 0.4) is 0 Å². The third-order valence-electron chi connectivity index (χ3n) is 4.69. The van der Waals surface area contributed by atoms with Gasteiger partial charge in [0.1, 0.15) is 11.5 Å². The Balaban J connectivity index is 1.70. The summed E-state index contributed by atoms with van der Waals surface area (Å²) < 4.78 is 21.5. The number of nitrogens with zero attached hydrogens (tertiary/aromatic N) is 3. The lowest BCUT2D eigenvalue weighted by Gasteiger charge is -2.29. The fourth-order valence-electron chi connectivity index (χ4n) is 3.37. The van der Waals surface area contributed by atoms with Gasteiger partial charge in [-0.15, -0.1) is 0 Å². The molecule has 3 aliphatic rings. The van der Waals surface area contributed by atoms with Gasteiger partial charge in [0.15, 0.2) is 0 Å². The van der Waals surface area contributed by atoms with Crippen LogP contribution in [0.4, 0.5) is 10.1 Å². The second kappa shape index (κ2) is 5.93. The van der Waals surface area contributed by atoms with Crippen molar-refractivity contribution in [2.24, 2.45) is 0 Å². The SMILES string of the molecule is O=c1c2c[nH]c3cc(N4CCOCC4)c(F)cc3c-2nn1-c1ccsc1. The monoisotopic (exact) mass is 370 g/mol. The summed E-state index contributed by atoms with van der Waals surface area (Å²) in [6.07, 6.45) is 1.65. The summed E-state index contributed by atoms with van der Waals surface area (Å²) in [5.41, 5.74) is 2.74. The first-order valence-corrected chi connectivity index (χ1v) is 9.25. The maximum Gasteiger partial charge on any atom is 0.282 e. The van der Waals surface area contributed by atoms with E-state index in [1.807, 2.05) is 21.7 Å². The minimum Gasteiger partial charge on any atom is -0.378 e. The number of nitrogens with one attached hydrogen (secondary N) is 1. The first-order valence-electron chi connectivity index (χ1n) is 8.31. The molecule has 4 heterocycles. The Bertz CT molecular complexity index is 1110. The Hall–Kier alpha value is -2.71. The Morgan fingerprint density at radius 1 is 1.27 bits per heavy atom. The standard InChI is InChI=1S/C18H15FN4O2S/c19-14-7-12-15(8-16(14)22-2-4-25-5-3-22)20-9-13-17(12)21-23(18(13)24)11-1-6-26-10-11/h1,6-10,20H,2-5H2. The van der Waals surface area contributed by atoms with Gasteiger partial charge in [0.2, 0.25) is 0 Å².